The maximum Gasteiger partial charge on any atom is 0.302 e. The fourth-order valence-corrected chi connectivity index (χ4v) is 4.03. The van der Waals surface area contributed by atoms with Crippen molar-refractivity contribution in [3.05, 3.63) is 11.6 Å². The van der Waals surface area contributed by atoms with Gasteiger partial charge in [-0.25, -0.2) is 0 Å². The van der Waals surface area contributed by atoms with Gasteiger partial charge in [0.05, 0.1) is 12.7 Å². The number of hydrogen-bond acceptors (Lipinski definition) is 4. The summed E-state index contributed by atoms with van der Waals surface area (Å²) in [6.07, 6.45) is 4.81. The zero-order valence-electron chi connectivity index (χ0n) is 13.2. The van der Waals surface area contributed by atoms with Gasteiger partial charge in [-0.05, 0) is 37.5 Å². The molecular formula is C17H26O4. The van der Waals surface area contributed by atoms with Crippen LogP contribution in [-0.4, -0.2) is 29.6 Å². The molecule has 4 heteroatoms. The molecule has 2 rings (SSSR count). The minimum Gasteiger partial charge on any atom is -0.465 e. The fourth-order valence-electron chi connectivity index (χ4n) is 4.03. The maximum atomic E-state index is 12.5. The molecule has 2 aliphatic rings. The maximum absolute atomic E-state index is 12.5. The summed E-state index contributed by atoms with van der Waals surface area (Å²) in [6, 6.07) is 0. The van der Waals surface area contributed by atoms with Crippen molar-refractivity contribution in [2.75, 3.05) is 6.61 Å². The molecule has 0 amide bonds. The number of carbonyl (C=O) groups is 2. The lowest BCUT2D eigenvalue weighted by atomic mass is 9.61. The average Bonchev–Trinajstić information content (AvgIpc) is 2.39. The van der Waals surface area contributed by atoms with E-state index in [1.165, 1.54) is 6.92 Å². The second kappa shape index (κ2) is 6.73. The lowest BCUT2D eigenvalue weighted by molar-refractivity contribution is -0.142. The number of rotatable bonds is 4. The molecule has 0 heterocycles. The van der Waals surface area contributed by atoms with Crippen LogP contribution in [0.1, 0.15) is 46.5 Å². The van der Waals surface area contributed by atoms with Crippen LogP contribution >= 0.6 is 0 Å². The van der Waals surface area contributed by atoms with E-state index in [0.29, 0.717) is 5.92 Å². The fraction of sp³-hybridized carbons (Fsp3) is 0.765. The Balaban J connectivity index is 2.07. The first-order valence-corrected chi connectivity index (χ1v) is 7.92. The van der Waals surface area contributed by atoms with Crippen LogP contribution < -0.4 is 0 Å². The van der Waals surface area contributed by atoms with Gasteiger partial charge in [0.25, 0.3) is 0 Å². The van der Waals surface area contributed by atoms with E-state index < -0.39 is 6.10 Å². The lowest BCUT2D eigenvalue weighted by Gasteiger charge is -2.44. The number of hydrogen-bond donors (Lipinski definition) is 1. The predicted octanol–water partition coefficient (Wildman–Crippen LogP) is 2.50. The van der Waals surface area contributed by atoms with E-state index in [9.17, 15) is 14.7 Å². The summed E-state index contributed by atoms with van der Waals surface area (Å²) in [4.78, 5) is 23.3. The number of ether oxygens (including phenoxy) is 1. The van der Waals surface area contributed by atoms with Crippen LogP contribution in [0.4, 0.5) is 0 Å². The Morgan fingerprint density at radius 2 is 2.05 bits per heavy atom. The molecule has 2 aliphatic carbocycles. The molecule has 0 aliphatic heterocycles. The minimum absolute atomic E-state index is 0.110. The number of esters is 1. The van der Waals surface area contributed by atoms with E-state index in [2.05, 4.69) is 6.92 Å². The van der Waals surface area contributed by atoms with Crippen molar-refractivity contribution in [2.24, 2.45) is 23.7 Å². The van der Waals surface area contributed by atoms with E-state index in [1.54, 1.807) is 0 Å². The van der Waals surface area contributed by atoms with Crippen LogP contribution in [0.15, 0.2) is 11.6 Å². The molecule has 0 bridgehead atoms. The molecule has 4 nitrogen and oxygen atoms in total. The van der Waals surface area contributed by atoms with Crippen LogP contribution in [0.25, 0.3) is 0 Å². The minimum atomic E-state index is -0.421. The topological polar surface area (TPSA) is 63.6 Å². The van der Waals surface area contributed by atoms with Crippen molar-refractivity contribution < 1.29 is 19.4 Å². The first kappa shape index (κ1) is 16.2. The van der Waals surface area contributed by atoms with Gasteiger partial charge < -0.3 is 9.84 Å². The van der Waals surface area contributed by atoms with E-state index in [4.69, 9.17) is 4.74 Å². The first-order valence-electron chi connectivity index (χ1n) is 7.92. The van der Waals surface area contributed by atoms with Gasteiger partial charge in [-0.1, -0.05) is 25.0 Å². The molecule has 0 aromatic heterocycles. The van der Waals surface area contributed by atoms with E-state index in [-0.39, 0.29) is 42.5 Å². The predicted molar refractivity (Wildman–Crippen MR) is 79.5 cm³/mol. The van der Waals surface area contributed by atoms with E-state index >= 15 is 0 Å². The standard InChI is InChI=1S/C17H26O4/c1-10-4-5-13-14(8-10)16(20)9-11(2)17(13)15(19)6-7-21-12(3)18/h9-10,13-14,16-17,20H,4-8H2,1-3H3/t10-,13-,14-,16+,17-/m0/s1. The first-order chi connectivity index (χ1) is 9.90. The van der Waals surface area contributed by atoms with Gasteiger partial charge in [0.2, 0.25) is 0 Å². The molecule has 5 atom stereocenters. The highest BCUT2D eigenvalue weighted by Crippen LogP contribution is 2.46. The van der Waals surface area contributed by atoms with Gasteiger partial charge in [0, 0.05) is 19.3 Å². The Morgan fingerprint density at radius 1 is 1.33 bits per heavy atom. The highest BCUT2D eigenvalue weighted by atomic mass is 16.5. The van der Waals surface area contributed by atoms with Gasteiger partial charge in [0.1, 0.15) is 5.78 Å². The van der Waals surface area contributed by atoms with Gasteiger partial charge in [-0.15, -0.1) is 0 Å². The molecule has 0 unspecified atom stereocenters. The van der Waals surface area contributed by atoms with E-state index in [1.807, 2.05) is 13.0 Å². The number of ketones is 1. The van der Waals surface area contributed by atoms with Crippen molar-refractivity contribution in [1.82, 2.24) is 0 Å². The van der Waals surface area contributed by atoms with Gasteiger partial charge in [0.15, 0.2) is 0 Å². The van der Waals surface area contributed by atoms with Crippen molar-refractivity contribution >= 4 is 11.8 Å². The third kappa shape index (κ3) is 3.73. The van der Waals surface area contributed by atoms with Crippen molar-refractivity contribution in [3.8, 4) is 0 Å². The molecule has 118 valence electrons. The van der Waals surface area contributed by atoms with Crippen molar-refractivity contribution in [2.45, 2.75) is 52.6 Å². The molecule has 1 N–H and O–H groups in total. The Bertz CT molecular complexity index is 440. The summed E-state index contributed by atoms with van der Waals surface area (Å²) in [5.74, 6) is 0.733. The third-order valence-electron chi connectivity index (χ3n) is 5.01. The second-order valence-corrected chi connectivity index (χ2v) is 6.68. The third-order valence-corrected chi connectivity index (χ3v) is 5.01. The van der Waals surface area contributed by atoms with Crippen molar-refractivity contribution in [1.29, 1.82) is 0 Å². The summed E-state index contributed by atoms with van der Waals surface area (Å²) in [5.41, 5.74) is 0.978. The SMILES string of the molecule is CC(=O)OCCC(=O)[C@H]1C(C)=C[C@@H](O)[C@H]2C[C@@H](C)CC[C@H]12. The monoisotopic (exact) mass is 294 g/mol. The molecule has 0 aromatic carbocycles. The number of allylic oxidation sites excluding steroid dienone is 1. The summed E-state index contributed by atoms with van der Waals surface area (Å²) in [6.45, 7) is 5.66. The summed E-state index contributed by atoms with van der Waals surface area (Å²) in [7, 11) is 0. The summed E-state index contributed by atoms with van der Waals surface area (Å²) < 4.78 is 4.88. The number of carbonyl (C=O) groups excluding carboxylic acids is 2. The Hall–Kier alpha value is -1.16. The van der Waals surface area contributed by atoms with Crippen LogP contribution in [0.5, 0.6) is 0 Å². The molecule has 0 radical (unpaired) electrons. The molecule has 1 fully saturated rings. The Labute approximate surface area is 126 Å². The van der Waals surface area contributed by atoms with E-state index in [0.717, 1.165) is 24.8 Å². The molecular weight excluding hydrogens is 268 g/mol. The molecule has 1 saturated carbocycles. The van der Waals surface area contributed by atoms with Crippen LogP contribution in [-0.2, 0) is 14.3 Å². The second-order valence-electron chi connectivity index (χ2n) is 6.68. The normalized spacial score (nSPS) is 35.6. The Kier molecular flexibility index (Phi) is 5.20. The smallest absolute Gasteiger partial charge is 0.302 e. The van der Waals surface area contributed by atoms with Gasteiger partial charge in [-0.3, -0.25) is 9.59 Å². The van der Waals surface area contributed by atoms with Crippen LogP contribution in [0.2, 0.25) is 0 Å². The largest absolute Gasteiger partial charge is 0.465 e. The molecule has 21 heavy (non-hydrogen) atoms. The summed E-state index contributed by atoms with van der Waals surface area (Å²) in [5, 5.41) is 10.3. The summed E-state index contributed by atoms with van der Waals surface area (Å²) >= 11 is 0. The number of Topliss-reactive ketones (excluding diaryl/α,β-unsaturated/α-hetero) is 1. The lowest BCUT2D eigenvalue weighted by Crippen LogP contribution is -2.43. The molecule has 0 spiro atoms. The average molecular weight is 294 g/mol. The molecule has 0 aromatic rings. The Morgan fingerprint density at radius 3 is 2.71 bits per heavy atom. The van der Waals surface area contributed by atoms with Crippen LogP contribution in [0.3, 0.4) is 0 Å². The number of aliphatic hydroxyl groups excluding tert-OH is 1. The molecule has 0 saturated heterocycles. The highest BCUT2D eigenvalue weighted by Gasteiger charge is 2.43. The quantitative estimate of drug-likeness (QED) is 0.639. The van der Waals surface area contributed by atoms with Gasteiger partial charge >= 0.3 is 5.97 Å². The zero-order valence-corrected chi connectivity index (χ0v) is 13.2. The van der Waals surface area contributed by atoms with Crippen molar-refractivity contribution in [3.63, 3.8) is 0 Å². The highest BCUT2D eigenvalue weighted by molar-refractivity contribution is 5.84. The number of fused-ring (bicyclic) bond motifs is 1. The number of aliphatic hydroxyl groups is 1. The zero-order chi connectivity index (χ0) is 15.6. The van der Waals surface area contributed by atoms with Crippen LogP contribution in [0, 0.1) is 23.7 Å². The van der Waals surface area contributed by atoms with Gasteiger partial charge in [-0.2, -0.15) is 0 Å².